The number of benzene rings is 2. The number of thiophene rings is 1. The van der Waals surface area contributed by atoms with Gasteiger partial charge in [0.1, 0.15) is 17.0 Å². The van der Waals surface area contributed by atoms with Gasteiger partial charge in [0.2, 0.25) is 0 Å². The van der Waals surface area contributed by atoms with Crippen molar-refractivity contribution in [1.82, 2.24) is 19.8 Å². The van der Waals surface area contributed by atoms with E-state index >= 15 is 0 Å². The second-order valence-corrected chi connectivity index (χ2v) is 8.99. The maximum absolute atomic E-state index is 4.69. The Morgan fingerprint density at radius 2 is 1.65 bits per heavy atom. The summed E-state index contributed by atoms with van der Waals surface area (Å²) in [6.45, 7) is 5.36. The van der Waals surface area contributed by atoms with Crippen LogP contribution in [0.5, 0.6) is 0 Å². The van der Waals surface area contributed by atoms with Gasteiger partial charge in [-0.2, -0.15) is 0 Å². The molecule has 1 atom stereocenters. The van der Waals surface area contributed by atoms with Crippen molar-refractivity contribution in [3.8, 4) is 11.1 Å². The van der Waals surface area contributed by atoms with Gasteiger partial charge in [0.05, 0.1) is 11.4 Å². The molecule has 6 heteroatoms. The van der Waals surface area contributed by atoms with Gasteiger partial charge in [-0.3, -0.25) is 4.90 Å². The number of likely N-dealkylation sites (N-methyl/N-ethyl adjacent to an activating group) is 1. The summed E-state index contributed by atoms with van der Waals surface area (Å²) in [5.74, 6) is 0.910. The third-order valence-electron chi connectivity index (χ3n) is 6.00. The summed E-state index contributed by atoms with van der Waals surface area (Å²) >= 11 is 1.67. The lowest BCUT2D eigenvalue weighted by atomic mass is 10.0. The summed E-state index contributed by atoms with van der Waals surface area (Å²) in [6, 6.07) is 21.4. The van der Waals surface area contributed by atoms with Crippen LogP contribution in [0.3, 0.4) is 0 Å². The Bertz CT molecular complexity index is 1120. The van der Waals surface area contributed by atoms with E-state index < -0.39 is 0 Å². The molecule has 1 fully saturated rings. The quantitative estimate of drug-likeness (QED) is 0.479. The predicted octanol–water partition coefficient (Wildman–Crippen LogP) is 4.76. The molecule has 31 heavy (non-hydrogen) atoms. The minimum atomic E-state index is 0.159. The molecule has 2 aromatic carbocycles. The Balaban J connectivity index is 1.49. The largest absolute Gasteiger partial charge is 0.361 e. The normalized spacial score (nSPS) is 16.4. The van der Waals surface area contributed by atoms with Crippen molar-refractivity contribution in [2.45, 2.75) is 6.04 Å². The van der Waals surface area contributed by atoms with E-state index in [4.69, 9.17) is 4.98 Å². The van der Waals surface area contributed by atoms with Crippen LogP contribution in [0.1, 0.15) is 11.6 Å². The van der Waals surface area contributed by atoms with Gasteiger partial charge in [0, 0.05) is 43.7 Å². The van der Waals surface area contributed by atoms with Crippen molar-refractivity contribution in [3.05, 3.63) is 77.9 Å². The van der Waals surface area contributed by atoms with Gasteiger partial charge in [-0.25, -0.2) is 9.97 Å². The minimum absolute atomic E-state index is 0.159. The number of hydrogen-bond donors (Lipinski definition) is 1. The molecular formula is C25H27N5S. The zero-order chi connectivity index (χ0) is 21.0. The highest BCUT2D eigenvalue weighted by Gasteiger charge is 2.22. The molecule has 0 radical (unpaired) electrons. The maximum atomic E-state index is 4.69. The van der Waals surface area contributed by atoms with Crippen LogP contribution in [0.4, 0.5) is 5.82 Å². The van der Waals surface area contributed by atoms with Crippen LogP contribution in [0.15, 0.2) is 72.4 Å². The van der Waals surface area contributed by atoms with E-state index in [2.05, 4.69) is 93.2 Å². The van der Waals surface area contributed by atoms with E-state index in [9.17, 15) is 0 Å². The number of fused-ring (bicyclic) bond motifs is 1. The smallest absolute Gasteiger partial charge is 0.139 e. The average Bonchev–Trinajstić information content (AvgIpc) is 3.26. The van der Waals surface area contributed by atoms with Crippen LogP contribution in [-0.4, -0.2) is 59.5 Å². The molecule has 1 aliphatic heterocycles. The first-order valence-electron chi connectivity index (χ1n) is 10.8. The molecule has 2 aromatic heterocycles. The highest BCUT2D eigenvalue weighted by atomic mass is 32.1. The molecule has 1 unspecified atom stereocenters. The SMILES string of the molecule is CN1CCN(CC(Nc2ncnc3scc(-c4ccccc4)c23)c2ccccc2)CC1. The minimum Gasteiger partial charge on any atom is -0.361 e. The fourth-order valence-corrected chi connectivity index (χ4v) is 5.10. The van der Waals surface area contributed by atoms with Crippen LogP contribution in [0, 0.1) is 0 Å². The standard InChI is InChI=1S/C25H27N5S/c1-29-12-14-30(15-13-29)16-22(20-10-6-3-7-11-20)28-24-23-21(19-8-4-2-5-9-19)17-31-25(23)27-18-26-24/h2-11,17-18,22H,12-16H2,1H3,(H,26,27,28). The molecule has 1 N–H and O–H groups in total. The lowest BCUT2D eigenvalue weighted by Crippen LogP contribution is -2.46. The van der Waals surface area contributed by atoms with Gasteiger partial charge in [-0.15, -0.1) is 11.3 Å². The Morgan fingerprint density at radius 1 is 0.935 bits per heavy atom. The second kappa shape index (κ2) is 9.14. The Morgan fingerprint density at radius 3 is 2.39 bits per heavy atom. The number of nitrogens with zero attached hydrogens (tertiary/aromatic N) is 4. The molecule has 1 aliphatic rings. The van der Waals surface area contributed by atoms with E-state index in [1.807, 2.05) is 0 Å². The summed E-state index contributed by atoms with van der Waals surface area (Å²) in [5.41, 5.74) is 3.67. The zero-order valence-corrected chi connectivity index (χ0v) is 18.6. The number of aromatic nitrogens is 2. The third-order valence-corrected chi connectivity index (χ3v) is 6.89. The van der Waals surface area contributed by atoms with Crippen molar-refractivity contribution in [2.75, 3.05) is 45.1 Å². The molecule has 0 bridgehead atoms. The first kappa shape index (κ1) is 20.1. The van der Waals surface area contributed by atoms with Crippen molar-refractivity contribution in [1.29, 1.82) is 0 Å². The monoisotopic (exact) mass is 429 g/mol. The molecule has 5 nitrogen and oxygen atoms in total. The van der Waals surface area contributed by atoms with Gasteiger partial charge < -0.3 is 10.2 Å². The van der Waals surface area contributed by atoms with Gasteiger partial charge >= 0.3 is 0 Å². The zero-order valence-electron chi connectivity index (χ0n) is 17.7. The predicted molar refractivity (Wildman–Crippen MR) is 130 cm³/mol. The van der Waals surface area contributed by atoms with Crippen molar-refractivity contribution < 1.29 is 0 Å². The number of hydrogen-bond acceptors (Lipinski definition) is 6. The van der Waals surface area contributed by atoms with Crippen molar-refractivity contribution >= 4 is 27.4 Å². The molecular weight excluding hydrogens is 402 g/mol. The van der Waals surface area contributed by atoms with Crippen molar-refractivity contribution in [3.63, 3.8) is 0 Å². The number of anilines is 1. The molecule has 0 aliphatic carbocycles. The number of rotatable bonds is 6. The van der Waals surface area contributed by atoms with Gasteiger partial charge in [-0.1, -0.05) is 60.7 Å². The van der Waals surface area contributed by atoms with E-state index in [1.54, 1.807) is 17.7 Å². The van der Waals surface area contributed by atoms with Crippen LogP contribution >= 0.6 is 11.3 Å². The fraction of sp³-hybridized carbons (Fsp3) is 0.280. The first-order valence-corrected chi connectivity index (χ1v) is 11.7. The van der Waals surface area contributed by atoms with Gasteiger partial charge in [-0.05, 0) is 18.2 Å². The molecule has 5 rings (SSSR count). The molecule has 0 spiro atoms. The lowest BCUT2D eigenvalue weighted by Gasteiger charge is -2.35. The highest BCUT2D eigenvalue weighted by Crippen LogP contribution is 2.37. The summed E-state index contributed by atoms with van der Waals surface area (Å²) in [6.07, 6.45) is 1.67. The Labute approximate surface area is 187 Å². The summed E-state index contributed by atoms with van der Waals surface area (Å²) in [7, 11) is 2.20. The molecule has 4 aromatic rings. The Kier molecular flexibility index (Phi) is 5.93. The Hall–Kier alpha value is -2.80. The third kappa shape index (κ3) is 4.46. The number of nitrogens with one attached hydrogen (secondary N) is 1. The summed E-state index contributed by atoms with van der Waals surface area (Å²) in [5, 5.41) is 7.09. The molecule has 3 heterocycles. The van der Waals surface area contributed by atoms with E-state index in [0.29, 0.717) is 0 Å². The van der Waals surface area contributed by atoms with E-state index in [-0.39, 0.29) is 6.04 Å². The van der Waals surface area contributed by atoms with Gasteiger partial charge in [0.25, 0.3) is 0 Å². The average molecular weight is 430 g/mol. The van der Waals surface area contributed by atoms with Gasteiger partial charge in [0.15, 0.2) is 0 Å². The fourth-order valence-electron chi connectivity index (χ4n) is 4.19. The number of piperazine rings is 1. The second-order valence-electron chi connectivity index (χ2n) is 8.13. The molecule has 0 amide bonds. The van der Waals surface area contributed by atoms with E-state index in [1.165, 1.54) is 16.7 Å². The van der Waals surface area contributed by atoms with E-state index in [0.717, 1.165) is 48.8 Å². The van der Waals surface area contributed by atoms with Crippen LogP contribution in [0.2, 0.25) is 0 Å². The van der Waals surface area contributed by atoms with Crippen LogP contribution in [-0.2, 0) is 0 Å². The first-order chi connectivity index (χ1) is 15.3. The molecule has 1 saturated heterocycles. The summed E-state index contributed by atoms with van der Waals surface area (Å²) in [4.78, 5) is 15.2. The topological polar surface area (TPSA) is 44.3 Å². The lowest BCUT2D eigenvalue weighted by molar-refractivity contribution is 0.149. The summed E-state index contributed by atoms with van der Waals surface area (Å²) < 4.78 is 0. The maximum Gasteiger partial charge on any atom is 0.139 e. The molecule has 158 valence electrons. The van der Waals surface area contributed by atoms with Crippen LogP contribution < -0.4 is 5.32 Å². The van der Waals surface area contributed by atoms with Crippen LogP contribution in [0.25, 0.3) is 21.3 Å². The molecule has 0 saturated carbocycles. The highest BCUT2D eigenvalue weighted by molar-refractivity contribution is 7.17. The van der Waals surface area contributed by atoms with Crippen molar-refractivity contribution in [2.24, 2.45) is 0 Å².